The number of hydrogen-bond acceptors (Lipinski definition) is 4. The van der Waals surface area contributed by atoms with Gasteiger partial charge in [-0.25, -0.2) is 14.0 Å². The van der Waals surface area contributed by atoms with Crippen molar-refractivity contribution in [3.63, 3.8) is 0 Å². The summed E-state index contributed by atoms with van der Waals surface area (Å²) < 4.78 is 26.0. The van der Waals surface area contributed by atoms with Crippen LogP contribution in [0, 0.1) is 5.82 Å². The van der Waals surface area contributed by atoms with Crippen LogP contribution in [0.25, 0.3) is 0 Å². The molecule has 2 aliphatic rings. The molecule has 0 bridgehead atoms. The number of piperidine rings is 1. The minimum absolute atomic E-state index is 0.0144. The maximum atomic E-state index is 14.9. The molecule has 2 aromatic carbocycles. The fraction of sp³-hybridized carbons (Fsp3) is 0.333. The van der Waals surface area contributed by atoms with Crippen molar-refractivity contribution in [3.05, 3.63) is 64.4 Å². The predicted octanol–water partition coefficient (Wildman–Crippen LogP) is 5.06. The van der Waals surface area contributed by atoms with E-state index in [9.17, 15) is 14.0 Å². The fourth-order valence-electron chi connectivity index (χ4n) is 3.91. The van der Waals surface area contributed by atoms with Gasteiger partial charge in [0.05, 0.1) is 22.8 Å². The Labute approximate surface area is 172 Å². The maximum Gasteiger partial charge on any atom is 0.412 e. The number of nitrogens with one attached hydrogen (secondary N) is 1. The Morgan fingerprint density at radius 2 is 2.10 bits per heavy atom. The lowest BCUT2D eigenvalue weighted by Crippen LogP contribution is -2.56. The van der Waals surface area contributed by atoms with Gasteiger partial charge in [0.2, 0.25) is 0 Å². The number of carbonyl (C=O) groups excluding carboxylic acids is 2. The number of benzene rings is 2. The molecule has 1 saturated heterocycles. The second-order valence-corrected chi connectivity index (χ2v) is 7.76. The molecule has 1 N–H and O–H groups in total. The van der Waals surface area contributed by atoms with Crippen LogP contribution in [0.2, 0.25) is 5.02 Å². The molecule has 0 aliphatic carbocycles. The van der Waals surface area contributed by atoms with Gasteiger partial charge in [-0.3, -0.25) is 5.32 Å². The van der Waals surface area contributed by atoms with Gasteiger partial charge >= 0.3 is 12.2 Å². The first-order chi connectivity index (χ1) is 13.9. The molecule has 0 radical (unpaired) electrons. The van der Waals surface area contributed by atoms with Gasteiger partial charge in [0.15, 0.2) is 11.4 Å². The Morgan fingerprint density at radius 3 is 2.86 bits per heavy atom. The van der Waals surface area contributed by atoms with Crippen LogP contribution in [0.4, 0.5) is 19.7 Å². The number of halogens is 2. The molecule has 1 fully saturated rings. The van der Waals surface area contributed by atoms with Crippen molar-refractivity contribution in [2.24, 2.45) is 0 Å². The summed E-state index contributed by atoms with van der Waals surface area (Å²) in [7, 11) is 0. The first-order valence-corrected chi connectivity index (χ1v) is 9.73. The first-order valence-electron chi connectivity index (χ1n) is 9.35. The number of likely N-dealkylation sites (tertiary alicyclic amines) is 1. The van der Waals surface area contributed by atoms with Crippen LogP contribution in [-0.4, -0.2) is 29.7 Å². The van der Waals surface area contributed by atoms with E-state index in [1.54, 1.807) is 6.07 Å². The van der Waals surface area contributed by atoms with Crippen molar-refractivity contribution in [2.45, 2.75) is 38.0 Å². The van der Waals surface area contributed by atoms with Gasteiger partial charge < -0.3 is 14.4 Å². The van der Waals surface area contributed by atoms with Gasteiger partial charge in [0.1, 0.15) is 6.61 Å². The normalized spacial score (nSPS) is 23.2. The van der Waals surface area contributed by atoms with Crippen LogP contribution in [0.15, 0.2) is 42.5 Å². The monoisotopic (exact) mass is 418 g/mol. The largest absolute Gasteiger partial charge is 0.445 e. The number of fused-ring (bicyclic) bond motifs is 2. The van der Waals surface area contributed by atoms with Gasteiger partial charge in [-0.05, 0) is 37.5 Å². The number of carbonyl (C=O) groups is 2. The van der Waals surface area contributed by atoms with Gasteiger partial charge in [-0.1, -0.05) is 41.9 Å². The highest BCUT2D eigenvalue weighted by Gasteiger charge is 2.50. The van der Waals surface area contributed by atoms with Crippen LogP contribution in [-0.2, 0) is 21.7 Å². The molecule has 152 valence electrons. The van der Waals surface area contributed by atoms with E-state index in [0.717, 1.165) is 5.56 Å². The Hall–Kier alpha value is -2.80. The number of nitrogens with zero attached hydrogens (tertiary/aromatic N) is 1. The van der Waals surface area contributed by atoms with Crippen molar-refractivity contribution in [2.75, 3.05) is 11.9 Å². The highest BCUT2D eigenvalue weighted by atomic mass is 35.5. The topological polar surface area (TPSA) is 67.9 Å². The highest BCUT2D eigenvalue weighted by Crippen LogP contribution is 2.46. The minimum Gasteiger partial charge on any atom is -0.445 e. The van der Waals surface area contributed by atoms with E-state index in [0.29, 0.717) is 18.5 Å². The lowest BCUT2D eigenvalue weighted by molar-refractivity contribution is -0.0604. The van der Waals surface area contributed by atoms with Gasteiger partial charge in [-0.2, -0.15) is 0 Å². The minimum atomic E-state index is -1.31. The van der Waals surface area contributed by atoms with Crippen molar-refractivity contribution in [1.29, 1.82) is 0 Å². The van der Waals surface area contributed by atoms with E-state index in [4.69, 9.17) is 21.1 Å². The van der Waals surface area contributed by atoms with Crippen LogP contribution in [0.3, 0.4) is 0 Å². The lowest BCUT2D eigenvalue weighted by Gasteiger charge is -2.47. The zero-order chi connectivity index (χ0) is 20.6. The summed E-state index contributed by atoms with van der Waals surface area (Å²) in [6, 6.07) is 12.1. The smallest absolute Gasteiger partial charge is 0.412 e. The number of rotatable bonds is 2. The van der Waals surface area contributed by atoms with E-state index in [-0.39, 0.29) is 29.8 Å². The lowest BCUT2D eigenvalue weighted by atomic mass is 9.81. The fourth-order valence-corrected chi connectivity index (χ4v) is 4.06. The molecule has 4 rings (SSSR count). The number of amides is 2. The first kappa shape index (κ1) is 19.5. The van der Waals surface area contributed by atoms with E-state index in [2.05, 4.69) is 5.32 Å². The molecule has 2 amide bonds. The molecule has 2 aromatic rings. The molecular weight excluding hydrogens is 399 g/mol. The number of anilines is 1. The molecule has 0 unspecified atom stereocenters. The third-order valence-corrected chi connectivity index (χ3v) is 5.73. The van der Waals surface area contributed by atoms with Crippen LogP contribution >= 0.6 is 11.6 Å². The summed E-state index contributed by atoms with van der Waals surface area (Å²) in [5.41, 5.74) is 0.00892. The van der Waals surface area contributed by atoms with Crippen LogP contribution < -0.4 is 5.32 Å². The van der Waals surface area contributed by atoms with Crippen LogP contribution in [0.1, 0.15) is 30.9 Å². The van der Waals surface area contributed by atoms with Crippen LogP contribution in [0.5, 0.6) is 0 Å². The Bertz CT molecular complexity index is 955. The van der Waals surface area contributed by atoms with Crippen molar-refractivity contribution >= 4 is 29.5 Å². The summed E-state index contributed by atoms with van der Waals surface area (Å²) >= 11 is 5.98. The molecule has 2 heterocycles. The quantitative estimate of drug-likeness (QED) is 0.740. The zero-order valence-corrected chi connectivity index (χ0v) is 16.5. The van der Waals surface area contributed by atoms with E-state index >= 15 is 0 Å². The molecular formula is C21H20ClFN2O4. The summed E-state index contributed by atoms with van der Waals surface area (Å²) in [5, 5.41) is 2.44. The van der Waals surface area contributed by atoms with Gasteiger partial charge in [0, 0.05) is 6.04 Å². The summed E-state index contributed by atoms with van der Waals surface area (Å²) in [5.74, 6) is -0.656. The third-order valence-electron chi connectivity index (χ3n) is 5.44. The highest BCUT2D eigenvalue weighted by molar-refractivity contribution is 6.31. The third kappa shape index (κ3) is 3.62. The molecule has 0 aromatic heterocycles. The van der Waals surface area contributed by atoms with Gasteiger partial charge in [-0.15, -0.1) is 0 Å². The number of ether oxygens (including phenoxy) is 2. The van der Waals surface area contributed by atoms with E-state index < -0.39 is 23.6 Å². The van der Waals surface area contributed by atoms with Crippen molar-refractivity contribution < 1.29 is 23.5 Å². The maximum absolute atomic E-state index is 14.9. The van der Waals surface area contributed by atoms with Crippen molar-refractivity contribution in [3.8, 4) is 0 Å². The molecule has 0 saturated carbocycles. The molecule has 2 aliphatic heterocycles. The van der Waals surface area contributed by atoms with Gasteiger partial charge in [0.25, 0.3) is 0 Å². The predicted molar refractivity (Wildman–Crippen MR) is 105 cm³/mol. The van der Waals surface area contributed by atoms with Crippen molar-refractivity contribution in [1.82, 2.24) is 4.90 Å². The average Bonchev–Trinajstić information content (AvgIpc) is 2.71. The Balaban J connectivity index is 1.61. The molecule has 2 atom stereocenters. The average molecular weight is 419 g/mol. The second-order valence-electron chi connectivity index (χ2n) is 7.35. The summed E-state index contributed by atoms with van der Waals surface area (Å²) in [6.45, 7) is 1.99. The molecule has 6 nitrogen and oxygen atoms in total. The van der Waals surface area contributed by atoms with E-state index in [1.165, 1.54) is 11.0 Å². The summed E-state index contributed by atoms with van der Waals surface area (Å²) in [4.78, 5) is 26.4. The number of hydrogen-bond donors (Lipinski definition) is 1. The molecule has 8 heteroatoms. The SMILES string of the molecule is C[C@H]1CC[C@@]2(CN1C(=O)OCc1ccccc1)OC(=O)Nc1ccc(Cl)c(F)c12. The summed E-state index contributed by atoms with van der Waals surface area (Å²) in [6.07, 6.45) is -0.349. The van der Waals surface area contributed by atoms with E-state index in [1.807, 2.05) is 37.3 Å². The Kier molecular flexibility index (Phi) is 5.08. The standard InChI is InChI=1S/C21H20ClFN2O4/c1-13-9-10-21(12-25(13)20(27)28-11-14-5-3-2-4-6-14)17-16(24-19(26)29-21)8-7-15(22)18(17)23/h2-8,13H,9-12H2,1H3,(H,24,26)/t13-,21-/m0/s1. The molecule has 1 spiro atoms. The molecule has 29 heavy (non-hydrogen) atoms. The second kappa shape index (κ2) is 7.55. The Morgan fingerprint density at radius 1 is 1.34 bits per heavy atom. The zero-order valence-electron chi connectivity index (χ0n) is 15.8.